The molecule has 1 N–H and O–H groups in total. The van der Waals surface area contributed by atoms with Gasteiger partial charge in [-0.1, -0.05) is 27.2 Å². The Balaban J connectivity index is 1.56. The standard InChI is InChI=1S/C16H28N4O/c1-4-5-9-21-14-10-13(16(14,2)3)19-12-7-6-8-20-15(12)17-11-18-20/h11-14,19H,4-10H2,1-3H3/t12-,13-,14-/m1/s1. The monoisotopic (exact) mass is 292 g/mol. The summed E-state index contributed by atoms with van der Waals surface area (Å²) in [4.78, 5) is 4.44. The van der Waals surface area contributed by atoms with Crippen LogP contribution in [0.15, 0.2) is 6.33 Å². The Morgan fingerprint density at radius 1 is 1.48 bits per heavy atom. The van der Waals surface area contributed by atoms with Gasteiger partial charge in [0.25, 0.3) is 0 Å². The van der Waals surface area contributed by atoms with E-state index in [4.69, 9.17) is 4.74 Å². The molecule has 3 rings (SSSR count). The fourth-order valence-corrected chi connectivity index (χ4v) is 3.51. The molecular formula is C16H28N4O. The van der Waals surface area contributed by atoms with Gasteiger partial charge < -0.3 is 10.1 Å². The van der Waals surface area contributed by atoms with Crippen molar-refractivity contribution in [2.45, 2.75) is 77.6 Å². The second-order valence-electron chi connectivity index (χ2n) is 7.03. The van der Waals surface area contributed by atoms with E-state index >= 15 is 0 Å². The lowest BCUT2D eigenvalue weighted by Gasteiger charge is -2.53. The molecule has 2 aliphatic rings. The van der Waals surface area contributed by atoms with Gasteiger partial charge in [-0.15, -0.1) is 0 Å². The molecular weight excluding hydrogens is 264 g/mol. The van der Waals surface area contributed by atoms with Crippen molar-refractivity contribution in [2.75, 3.05) is 6.61 Å². The topological polar surface area (TPSA) is 52.0 Å². The molecule has 3 atom stereocenters. The van der Waals surface area contributed by atoms with Crippen LogP contribution in [0.2, 0.25) is 0 Å². The zero-order valence-electron chi connectivity index (χ0n) is 13.5. The van der Waals surface area contributed by atoms with Crippen molar-refractivity contribution < 1.29 is 4.74 Å². The van der Waals surface area contributed by atoms with E-state index in [-0.39, 0.29) is 5.41 Å². The van der Waals surface area contributed by atoms with E-state index < -0.39 is 0 Å². The highest BCUT2D eigenvalue weighted by Crippen LogP contribution is 2.44. The minimum Gasteiger partial charge on any atom is -0.378 e. The lowest BCUT2D eigenvalue weighted by atomic mass is 9.64. The molecule has 0 radical (unpaired) electrons. The molecule has 0 bridgehead atoms. The van der Waals surface area contributed by atoms with Crippen LogP contribution < -0.4 is 5.32 Å². The highest BCUT2D eigenvalue weighted by molar-refractivity contribution is 5.07. The zero-order chi connectivity index (χ0) is 14.9. The van der Waals surface area contributed by atoms with Crippen molar-refractivity contribution in [1.82, 2.24) is 20.1 Å². The van der Waals surface area contributed by atoms with Crippen LogP contribution in [0.5, 0.6) is 0 Å². The third kappa shape index (κ3) is 2.86. The summed E-state index contributed by atoms with van der Waals surface area (Å²) in [7, 11) is 0. The molecule has 1 aliphatic heterocycles. The van der Waals surface area contributed by atoms with E-state index in [9.17, 15) is 0 Å². The lowest BCUT2D eigenvalue weighted by Crippen LogP contribution is -2.61. The Bertz CT molecular complexity index is 471. The van der Waals surface area contributed by atoms with Crippen molar-refractivity contribution in [1.29, 1.82) is 0 Å². The van der Waals surface area contributed by atoms with Crippen LogP contribution in [0.25, 0.3) is 0 Å². The van der Waals surface area contributed by atoms with Crippen molar-refractivity contribution in [3.05, 3.63) is 12.2 Å². The summed E-state index contributed by atoms with van der Waals surface area (Å²) in [5.74, 6) is 1.10. The molecule has 0 saturated heterocycles. The first-order valence-electron chi connectivity index (χ1n) is 8.38. The first kappa shape index (κ1) is 15.0. The van der Waals surface area contributed by atoms with Crippen molar-refractivity contribution in [3.63, 3.8) is 0 Å². The average Bonchev–Trinajstić information content (AvgIpc) is 2.94. The Hall–Kier alpha value is -0.940. The summed E-state index contributed by atoms with van der Waals surface area (Å²) in [5.41, 5.74) is 0.204. The average molecular weight is 292 g/mol. The molecule has 5 heteroatoms. The maximum absolute atomic E-state index is 6.03. The fraction of sp³-hybridized carbons (Fsp3) is 0.875. The minimum atomic E-state index is 0.204. The number of aryl methyl sites for hydroxylation is 1. The van der Waals surface area contributed by atoms with Gasteiger partial charge in [-0.2, -0.15) is 5.10 Å². The highest BCUT2D eigenvalue weighted by atomic mass is 16.5. The second kappa shape index (κ2) is 6.05. The van der Waals surface area contributed by atoms with Crippen LogP contribution in [-0.4, -0.2) is 33.5 Å². The smallest absolute Gasteiger partial charge is 0.143 e. The number of nitrogens with zero attached hydrogens (tertiary/aromatic N) is 3. The van der Waals surface area contributed by atoms with E-state index in [2.05, 4.69) is 36.2 Å². The number of hydrogen-bond donors (Lipinski definition) is 1. The summed E-state index contributed by atoms with van der Waals surface area (Å²) in [5, 5.41) is 8.11. The van der Waals surface area contributed by atoms with Crippen molar-refractivity contribution in [3.8, 4) is 0 Å². The largest absolute Gasteiger partial charge is 0.378 e. The second-order valence-corrected chi connectivity index (χ2v) is 7.03. The summed E-state index contributed by atoms with van der Waals surface area (Å²) in [6.07, 6.45) is 7.88. The van der Waals surface area contributed by atoms with Crippen molar-refractivity contribution in [2.24, 2.45) is 5.41 Å². The summed E-state index contributed by atoms with van der Waals surface area (Å²) in [6, 6.07) is 0.861. The molecule has 5 nitrogen and oxygen atoms in total. The summed E-state index contributed by atoms with van der Waals surface area (Å²) in [6.45, 7) is 8.74. The van der Waals surface area contributed by atoms with Gasteiger partial charge >= 0.3 is 0 Å². The Labute approximate surface area is 127 Å². The summed E-state index contributed by atoms with van der Waals surface area (Å²) < 4.78 is 8.08. The molecule has 21 heavy (non-hydrogen) atoms. The molecule has 1 saturated carbocycles. The number of hydrogen-bond acceptors (Lipinski definition) is 4. The van der Waals surface area contributed by atoms with Gasteiger partial charge in [0, 0.05) is 24.6 Å². The number of fused-ring (bicyclic) bond motifs is 1. The maximum atomic E-state index is 6.03. The normalized spacial score (nSPS) is 30.7. The molecule has 118 valence electrons. The van der Waals surface area contributed by atoms with Gasteiger partial charge in [-0.3, -0.25) is 0 Å². The predicted molar refractivity (Wildman–Crippen MR) is 82.0 cm³/mol. The highest BCUT2D eigenvalue weighted by Gasteiger charge is 2.49. The van der Waals surface area contributed by atoms with Gasteiger partial charge in [0.15, 0.2) is 0 Å². The number of aromatic nitrogens is 3. The first-order chi connectivity index (χ1) is 10.1. The number of unbranched alkanes of at least 4 members (excludes halogenated alkanes) is 1. The van der Waals surface area contributed by atoms with Crippen LogP contribution in [0.4, 0.5) is 0 Å². The molecule has 2 heterocycles. The third-order valence-electron chi connectivity index (χ3n) is 5.22. The maximum Gasteiger partial charge on any atom is 0.143 e. The van der Waals surface area contributed by atoms with E-state index in [1.165, 1.54) is 12.8 Å². The number of rotatable bonds is 6. The third-order valence-corrected chi connectivity index (χ3v) is 5.22. The quantitative estimate of drug-likeness (QED) is 0.819. The lowest BCUT2D eigenvalue weighted by molar-refractivity contribution is -0.121. The van der Waals surface area contributed by atoms with Gasteiger partial charge in [0.2, 0.25) is 0 Å². The Kier molecular flexibility index (Phi) is 4.31. The number of nitrogens with one attached hydrogen (secondary N) is 1. The predicted octanol–water partition coefficient (Wildman–Crippen LogP) is 2.69. The molecule has 0 spiro atoms. The zero-order valence-corrected chi connectivity index (χ0v) is 13.5. The number of ether oxygens (including phenoxy) is 1. The SMILES string of the molecule is CCCCO[C@@H]1C[C@@H](N[C@@H]2CCCn3ncnc32)C1(C)C. The molecule has 0 aromatic carbocycles. The van der Waals surface area contributed by atoms with Gasteiger partial charge in [0.1, 0.15) is 12.2 Å². The van der Waals surface area contributed by atoms with E-state index in [0.717, 1.165) is 38.2 Å². The molecule has 0 unspecified atom stereocenters. The summed E-state index contributed by atoms with van der Waals surface area (Å²) >= 11 is 0. The van der Waals surface area contributed by atoms with Crippen LogP contribution in [-0.2, 0) is 11.3 Å². The van der Waals surface area contributed by atoms with Crippen LogP contribution in [0.3, 0.4) is 0 Å². The van der Waals surface area contributed by atoms with Crippen LogP contribution in [0, 0.1) is 5.41 Å². The first-order valence-corrected chi connectivity index (χ1v) is 8.38. The van der Waals surface area contributed by atoms with Gasteiger partial charge in [0.05, 0.1) is 12.1 Å². The van der Waals surface area contributed by atoms with E-state index in [1.807, 2.05) is 4.68 Å². The van der Waals surface area contributed by atoms with E-state index in [1.54, 1.807) is 6.33 Å². The van der Waals surface area contributed by atoms with Crippen molar-refractivity contribution >= 4 is 0 Å². The van der Waals surface area contributed by atoms with Gasteiger partial charge in [-0.05, 0) is 25.7 Å². The van der Waals surface area contributed by atoms with Crippen LogP contribution >= 0.6 is 0 Å². The Morgan fingerprint density at radius 2 is 2.33 bits per heavy atom. The fourth-order valence-electron chi connectivity index (χ4n) is 3.51. The van der Waals surface area contributed by atoms with Crippen LogP contribution in [0.1, 0.15) is 64.7 Å². The molecule has 1 aromatic heterocycles. The minimum absolute atomic E-state index is 0.204. The molecule has 0 amide bonds. The Morgan fingerprint density at radius 3 is 3.10 bits per heavy atom. The molecule has 1 aliphatic carbocycles. The van der Waals surface area contributed by atoms with Gasteiger partial charge in [-0.25, -0.2) is 9.67 Å². The van der Waals surface area contributed by atoms with E-state index in [0.29, 0.717) is 18.2 Å². The molecule has 1 fully saturated rings. The molecule has 1 aromatic rings.